The Bertz CT molecular complexity index is 1900. The maximum Gasteiger partial charge on any atom is 0.261 e. The van der Waals surface area contributed by atoms with Crippen molar-refractivity contribution in [3.05, 3.63) is 143 Å². The molecule has 7 nitrogen and oxygen atoms in total. The van der Waals surface area contributed by atoms with Crippen molar-refractivity contribution in [3.63, 3.8) is 0 Å². The molecule has 0 N–H and O–H groups in total. The van der Waals surface area contributed by atoms with Crippen LogP contribution in [0.2, 0.25) is 0 Å². The number of rotatable bonds is 15. The summed E-state index contributed by atoms with van der Waals surface area (Å²) in [5, 5.41) is 2.09. The lowest BCUT2D eigenvalue weighted by atomic mass is 9.93. The predicted octanol–water partition coefficient (Wildman–Crippen LogP) is 8.22. The van der Waals surface area contributed by atoms with E-state index in [9.17, 15) is 24.0 Å². The van der Waals surface area contributed by atoms with Crippen molar-refractivity contribution in [1.29, 1.82) is 0 Å². The largest absolute Gasteiger partial charge is 0.294 e. The van der Waals surface area contributed by atoms with Crippen molar-refractivity contribution >= 4 is 40.2 Å². The number of nitrogens with zero attached hydrogens (tertiary/aromatic N) is 2. The van der Waals surface area contributed by atoms with Crippen LogP contribution < -0.4 is 0 Å². The van der Waals surface area contributed by atoms with Crippen molar-refractivity contribution in [2.24, 2.45) is 0 Å². The molecule has 0 saturated carbocycles. The molecule has 242 valence electrons. The number of carbonyl (C=O) groups is 5. The molecule has 4 amide bonds. The van der Waals surface area contributed by atoms with Gasteiger partial charge in [-0.15, -0.1) is 0 Å². The molecule has 2 aliphatic rings. The van der Waals surface area contributed by atoms with Gasteiger partial charge in [0.25, 0.3) is 23.6 Å². The molecule has 0 radical (unpaired) electrons. The summed E-state index contributed by atoms with van der Waals surface area (Å²) in [7, 11) is 0. The molecule has 7 heteroatoms. The fourth-order valence-corrected chi connectivity index (χ4v) is 6.50. The minimum atomic E-state index is -0.246. The number of amides is 4. The van der Waals surface area contributed by atoms with Gasteiger partial charge in [-0.2, -0.15) is 0 Å². The summed E-state index contributed by atoms with van der Waals surface area (Å²) < 4.78 is 0. The van der Waals surface area contributed by atoms with Crippen LogP contribution in [0.25, 0.3) is 10.8 Å². The first kappa shape index (κ1) is 32.5. The zero-order valence-corrected chi connectivity index (χ0v) is 27.0. The molecule has 2 aliphatic heterocycles. The zero-order chi connectivity index (χ0) is 33.6. The highest BCUT2D eigenvalue weighted by Crippen LogP contribution is 2.27. The van der Waals surface area contributed by atoms with Crippen molar-refractivity contribution in [2.45, 2.75) is 51.4 Å². The highest BCUT2D eigenvalue weighted by atomic mass is 16.2. The van der Waals surface area contributed by atoms with Crippen molar-refractivity contribution in [3.8, 4) is 0 Å². The van der Waals surface area contributed by atoms with E-state index in [0.29, 0.717) is 66.6 Å². The molecule has 4 aromatic rings. The molecule has 0 aliphatic carbocycles. The summed E-state index contributed by atoms with van der Waals surface area (Å²) in [4.78, 5) is 66.9. The van der Waals surface area contributed by atoms with Crippen LogP contribution in [0, 0.1) is 0 Å². The van der Waals surface area contributed by atoms with E-state index in [1.165, 1.54) is 9.80 Å². The number of unbranched alkanes of at least 4 members (excludes halogenated alkanes) is 4. The highest BCUT2D eigenvalue weighted by Gasteiger charge is 2.35. The molecule has 0 atom stereocenters. The molecular weight excluding hydrogens is 600 g/mol. The molecule has 0 unspecified atom stereocenters. The minimum absolute atomic E-state index is 0.0183. The van der Waals surface area contributed by atoms with Crippen LogP contribution in [-0.4, -0.2) is 52.3 Å². The van der Waals surface area contributed by atoms with E-state index in [0.717, 1.165) is 41.2 Å². The van der Waals surface area contributed by atoms with Gasteiger partial charge in [-0.1, -0.05) is 85.3 Å². The highest BCUT2D eigenvalue weighted by molar-refractivity contribution is 6.22. The summed E-state index contributed by atoms with van der Waals surface area (Å²) in [5.41, 5.74) is 4.28. The second-order valence-electron chi connectivity index (χ2n) is 12.4. The molecule has 0 saturated heterocycles. The van der Waals surface area contributed by atoms with Crippen LogP contribution in [-0.2, 0) is 0 Å². The third kappa shape index (κ3) is 6.81. The van der Waals surface area contributed by atoms with Gasteiger partial charge >= 0.3 is 0 Å². The summed E-state index contributed by atoms with van der Waals surface area (Å²) in [5.74, 6) is -0.945. The number of fused-ring (bicyclic) bond motifs is 3. The van der Waals surface area contributed by atoms with Crippen molar-refractivity contribution < 1.29 is 24.0 Å². The van der Waals surface area contributed by atoms with Gasteiger partial charge in [-0.25, -0.2) is 0 Å². The Kier molecular flexibility index (Phi) is 9.86. The first-order valence-corrected chi connectivity index (χ1v) is 16.6. The first-order chi connectivity index (χ1) is 23.3. The van der Waals surface area contributed by atoms with Crippen LogP contribution in [0.1, 0.15) is 103 Å². The molecular formula is C41H38N2O5. The van der Waals surface area contributed by atoms with E-state index in [-0.39, 0.29) is 35.8 Å². The van der Waals surface area contributed by atoms with Crippen LogP contribution in [0.15, 0.2) is 115 Å². The van der Waals surface area contributed by atoms with Gasteiger partial charge in [0, 0.05) is 25.1 Å². The van der Waals surface area contributed by atoms with Gasteiger partial charge in [-0.3, -0.25) is 33.8 Å². The standard InChI is InChI=1S/C41H38N2O5/c1-28(14-4-2-12-24-42-38(45)33-18-8-9-19-34(33)39(42)46)30(27-37(44)32-23-22-29-15-6-7-17-31(29)26-32)16-5-3-13-25-43-40(47)35-20-10-11-21-36(35)41(43)48/h6-11,15-23,26H,1-5,12-14,24-25,27H2/b30-16+. The molecule has 2 heterocycles. The van der Waals surface area contributed by atoms with Gasteiger partial charge in [0.05, 0.1) is 22.3 Å². The lowest BCUT2D eigenvalue weighted by Crippen LogP contribution is -2.30. The van der Waals surface area contributed by atoms with Crippen LogP contribution in [0.4, 0.5) is 0 Å². The van der Waals surface area contributed by atoms with Crippen LogP contribution in [0.5, 0.6) is 0 Å². The summed E-state index contributed by atoms with van der Waals surface area (Å²) in [6.07, 6.45) is 7.36. The summed E-state index contributed by atoms with van der Waals surface area (Å²) in [6.45, 7) is 5.06. The monoisotopic (exact) mass is 638 g/mol. The van der Waals surface area contributed by atoms with E-state index < -0.39 is 0 Å². The predicted molar refractivity (Wildman–Crippen MR) is 186 cm³/mol. The second-order valence-corrected chi connectivity index (χ2v) is 12.4. The van der Waals surface area contributed by atoms with Gasteiger partial charge in [0.15, 0.2) is 5.78 Å². The van der Waals surface area contributed by atoms with Crippen molar-refractivity contribution in [2.75, 3.05) is 13.1 Å². The van der Waals surface area contributed by atoms with Crippen LogP contribution >= 0.6 is 0 Å². The van der Waals surface area contributed by atoms with E-state index in [1.54, 1.807) is 48.5 Å². The van der Waals surface area contributed by atoms with Gasteiger partial charge in [-0.05, 0) is 85.2 Å². The number of carbonyl (C=O) groups excluding carboxylic acids is 5. The molecule has 0 bridgehead atoms. The normalized spacial score (nSPS) is 14.2. The summed E-state index contributed by atoms with van der Waals surface area (Å²) >= 11 is 0. The summed E-state index contributed by atoms with van der Waals surface area (Å²) in [6, 6.07) is 27.5. The third-order valence-corrected chi connectivity index (χ3v) is 9.22. The van der Waals surface area contributed by atoms with Gasteiger partial charge in [0.2, 0.25) is 0 Å². The lowest BCUT2D eigenvalue weighted by molar-refractivity contribution is 0.0636. The first-order valence-electron chi connectivity index (χ1n) is 16.6. The molecule has 4 aromatic carbocycles. The number of benzene rings is 4. The minimum Gasteiger partial charge on any atom is -0.294 e. The quantitative estimate of drug-likeness (QED) is 0.0566. The number of Topliss-reactive ketones (excluding diaryl/α,β-unsaturated/α-hetero) is 1. The average molecular weight is 639 g/mol. The number of hydrogen-bond donors (Lipinski definition) is 0. The van der Waals surface area contributed by atoms with E-state index in [2.05, 4.69) is 12.7 Å². The smallest absolute Gasteiger partial charge is 0.261 e. The molecule has 6 rings (SSSR count). The molecule has 0 spiro atoms. The van der Waals surface area contributed by atoms with Crippen molar-refractivity contribution in [1.82, 2.24) is 9.80 Å². The fraction of sp³-hybridized carbons (Fsp3) is 0.244. The Hall–Kier alpha value is -5.43. The van der Waals surface area contributed by atoms with Gasteiger partial charge in [0.1, 0.15) is 0 Å². The third-order valence-electron chi connectivity index (χ3n) is 9.22. The maximum atomic E-state index is 13.5. The Morgan fingerprint density at radius 2 is 1.08 bits per heavy atom. The SMILES string of the molecule is C=C(CCCCCN1C(=O)c2ccccc2C1=O)/C(=C/CCCCN1C(=O)c2ccccc2C1=O)CC(=O)c1ccc2ccccc2c1. The Labute approximate surface area is 280 Å². The molecule has 48 heavy (non-hydrogen) atoms. The van der Waals surface area contributed by atoms with Crippen LogP contribution in [0.3, 0.4) is 0 Å². The average Bonchev–Trinajstić information content (AvgIpc) is 3.50. The maximum absolute atomic E-state index is 13.5. The topological polar surface area (TPSA) is 91.8 Å². The Balaban J connectivity index is 1.04. The molecule has 0 fully saturated rings. The number of allylic oxidation sites excluding steroid dienone is 3. The number of ketones is 1. The zero-order valence-electron chi connectivity index (χ0n) is 27.0. The Morgan fingerprint density at radius 3 is 1.65 bits per heavy atom. The number of imide groups is 2. The second kappa shape index (κ2) is 14.6. The van der Waals surface area contributed by atoms with E-state index in [1.807, 2.05) is 42.5 Å². The Morgan fingerprint density at radius 1 is 0.583 bits per heavy atom. The van der Waals surface area contributed by atoms with E-state index in [4.69, 9.17) is 0 Å². The van der Waals surface area contributed by atoms with E-state index >= 15 is 0 Å². The lowest BCUT2D eigenvalue weighted by Gasteiger charge is -2.15. The number of hydrogen-bond acceptors (Lipinski definition) is 5. The van der Waals surface area contributed by atoms with Gasteiger partial charge < -0.3 is 0 Å². The fourth-order valence-electron chi connectivity index (χ4n) is 6.50. The molecule has 0 aromatic heterocycles.